The zero-order valence-corrected chi connectivity index (χ0v) is 16.7. The second kappa shape index (κ2) is 8.16. The van der Waals surface area contributed by atoms with Crippen LogP contribution in [0.3, 0.4) is 0 Å². The van der Waals surface area contributed by atoms with E-state index >= 15 is 0 Å². The molecule has 4 heterocycles. The standard InChI is InChI=1S/C20H29F3N4O2/c1-2-13-11-17(20(21,22)23)27-18(24-13)12-15(25-27)16-6-3-9-26(16)19(28)8-7-14-5-4-10-29-14/h12-14,16-17,24H,2-11H2,1H3/t13-,14+,16+,17-/m1/s1. The van der Waals surface area contributed by atoms with Crippen LogP contribution in [0, 0.1) is 0 Å². The van der Waals surface area contributed by atoms with Gasteiger partial charge in [-0.25, -0.2) is 4.68 Å². The quantitative estimate of drug-likeness (QED) is 0.784. The maximum Gasteiger partial charge on any atom is 0.410 e. The third-order valence-corrected chi connectivity index (χ3v) is 6.40. The van der Waals surface area contributed by atoms with Crippen LogP contribution in [0.2, 0.25) is 0 Å². The Morgan fingerprint density at radius 2 is 2.17 bits per heavy atom. The van der Waals surface area contributed by atoms with Crippen molar-refractivity contribution in [1.29, 1.82) is 0 Å². The van der Waals surface area contributed by atoms with Crippen molar-refractivity contribution in [2.45, 2.75) is 88.7 Å². The molecule has 1 amide bonds. The largest absolute Gasteiger partial charge is 0.410 e. The third-order valence-electron chi connectivity index (χ3n) is 6.40. The van der Waals surface area contributed by atoms with Crippen LogP contribution in [0.5, 0.6) is 0 Å². The molecule has 2 fully saturated rings. The maximum absolute atomic E-state index is 13.6. The van der Waals surface area contributed by atoms with Gasteiger partial charge in [-0.3, -0.25) is 4.79 Å². The molecule has 4 atom stereocenters. The number of anilines is 1. The second-order valence-corrected chi connectivity index (χ2v) is 8.36. The molecular formula is C20H29F3N4O2. The number of carbonyl (C=O) groups is 1. The van der Waals surface area contributed by atoms with E-state index in [0.29, 0.717) is 37.3 Å². The van der Waals surface area contributed by atoms with Gasteiger partial charge >= 0.3 is 6.18 Å². The summed E-state index contributed by atoms with van der Waals surface area (Å²) in [7, 11) is 0. The van der Waals surface area contributed by atoms with Gasteiger partial charge in [0, 0.05) is 31.7 Å². The number of hydrogen-bond donors (Lipinski definition) is 1. The first-order chi connectivity index (χ1) is 13.9. The number of nitrogens with zero attached hydrogens (tertiary/aromatic N) is 3. The van der Waals surface area contributed by atoms with Gasteiger partial charge in [0.1, 0.15) is 5.82 Å². The van der Waals surface area contributed by atoms with Gasteiger partial charge in [-0.2, -0.15) is 18.3 Å². The summed E-state index contributed by atoms with van der Waals surface area (Å²) in [4.78, 5) is 14.6. The zero-order chi connectivity index (χ0) is 20.6. The lowest BCUT2D eigenvalue weighted by molar-refractivity contribution is -0.173. The molecular weight excluding hydrogens is 385 g/mol. The SMILES string of the molecule is CC[C@@H]1C[C@H](C(F)(F)F)n2nc([C@@H]3CCCN3C(=O)CC[C@@H]3CCCO3)cc2N1. The molecule has 1 aromatic heterocycles. The predicted molar refractivity (Wildman–Crippen MR) is 102 cm³/mol. The van der Waals surface area contributed by atoms with Crippen molar-refractivity contribution in [2.75, 3.05) is 18.5 Å². The molecule has 0 unspecified atom stereocenters. The monoisotopic (exact) mass is 414 g/mol. The van der Waals surface area contributed by atoms with Gasteiger partial charge < -0.3 is 15.0 Å². The molecule has 9 heteroatoms. The minimum Gasteiger partial charge on any atom is -0.378 e. The van der Waals surface area contributed by atoms with Crippen molar-refractivity contribution in [1.82, 2.24) is 14.7 Å². The third kappa shape index (κ3) is 4.25. The first kappa shape index (κ1) is 20.5. The summed E-state index contributed by atoms with van der Waals surface area (Å²) in [6, 6.07) is -0.397. The van der Waals surface area contributed by atoms with Crippen molar-refractivity contribution in [3.05, 3.63) is 11.8 Å². The van der Waals surface area contributed by atoms with Crippen molar-refractivity contribution in [3.63, 3.8) is 0 Å². The Kier molecular flexibility index (Phi) is 5.77. The number of nitrogens with one attached hydrogen (secondary N) is 1. The Morgan fingerprint density at radius 1 is 1.34 bits per heavy atom. The highest BCUT2D eigenvalue weighted by Crippen LogP contribution is 2.42. The zero-order valence-electron chi connectivity index (χ0n) is 16.7. The van der Waals surface area contributed by atoms with Crippen LogP contribution in [-0.2, 0) is 9.53 Å². The smallest absolute Gasteiger partial charge is 0.378 e. The van der Waals surface area contributed by atoms with Crippen LogP contribution in [0.1, 0.15) is 76.1 Å². The topological polar surface area (TPSA) is 59.4 Å². The lowest BCUT2D eigenvalue weighted by atomic mass is 10.0. The molecule has 29 heavy (non-hydrogen) atoms. The summed E-state index contributed by atoms with van der Waals surface area (Å²) < 4.78 is 47.5. The van der Waals surface area contributed by atoms with Gasteiger partial charge in [-0.1, -0.05) is 6.92 Å². The summed E-state index contributed by atoms with van der Waals surface area (Å²) in [5, 5.41) is 7.51. The van der Waals surface area contributed by atoms with E-state index in [9.17, 15) is 18.0 Å². The molecule has 162 valence electrons. The van der Waals surface area contributed by atoms with Crippen molar-refractivity contribution in [3.8, 4) is 0 Å². The highest BCUT2D eigenvalue weighted by molar-refractivity contribution is 5.77. The molecule has 0 bridgehead atoms. The molecule has 0 spiro atoms. The van der Waals surface area contributed by atoms with Crippen molar-refractivity contribution >= 4 is 11.7 Å². The molecule has 0 aromatic carbocycles. The van der Waals surface area contributed by atoms with Crippen LogP contribution in [0.15, 0.2) is 6.07 Å². The number of carbonyl (C=O) groups excluding carboxylic acids is 1. The number of rotatable bonds is 5. The Hall–Kier alpha value is -1.77. The van der Waals surface area contributed by atoms with E-state index in [0.717, 1.165) is 37.0 Å². The molecule has 3 aliphatic rings. The van der Waals surface area contributed by atoms with E-state index in [1.807, 2.05) is 6.92 Å². The van der Waals surface area contributed by atoms with Gasteiger partial charge in [0.25, 0.3) is 0 Å². The number of alkyl halides is 3. The number of fused-ring (bicyclic) bond motifs is 1. The second-order valence-electron chi connectivity index (χ2n) is 8.36. The summed E-state index contributed by atoms with van der Waals surface area (Å²) >= 11 is 0. The van der Waals surface area contributed by atoms with Crippen molar-refractivity contribution in [2.24, 2.45) is 0 Å². The predicted octanol–water partition coefficient (Wildman–Crippen LogP) is 4.20. The fourth-order valence-electron chi connectivity index (χ4n) is 4.77. The molecule has 0 saturated carbocycles. The first-order valence-corrected chi connectivity index (χ1v) is 10.7. The van der Waals surface area contributed by atoms with Gasteiger partial charge in [0.15, 0.2) is 6.04 Å². The van der Waals surface area contributed by atoms with Crippen LogP contribution in [0.25, 0.3) is 0 Å². The molecule has 3 aliphatic heterocycles. The highest BCUT2D eigenvalue weighted by Gasteiger charge is 2.46. The van der Waals surface area contributed by atoms with Gasteiger partial charge in [0.05, 0.1) is 17.8 Å². The van der Waals surface area contributed by atoms with E-state index in [2.05, 4.69) is 10.4 Å². The minimum absolute atomic E-state index is 0.0250. The number of likely N-dealkylation sites (tertiary alicyclic amines) is 1. The van der Waals surface area contributed by atoms with Crippen LogP contribution in [-0.4, -0.2) is 52.1 Å². The number of amides is 1. The maximum atomic E-state index is 13.6. The van der Waals surface area contributed by atoms with Gasteiger partial charge in [-0.15, -0.1) is 0 Å². The van der Waals surface area contributed by atoms with Crippen LogP contribution in [0.4, 0.5) is 19.0 Å². The molecule has 1 N–H and O–H groups in total. The molecule has 0 radical (unpaired) electrons. The first-order valence-electron chi connectivity index (χ1n) is 10.7. The fraction of sp³-hybridized carbons (Fsp3) is 0.800. The van der Waals surface area contributed by atoms with Gasteiger partial charge in [0.2, 0.25) is 5.91 Å². The van der Waals surface area contributed by atoms with E-state index in [4.69, 9.17) is 4.74 Å². The normalized spacial score (nSPS) is 29.7. The average Bonchev–Trinajstić information content (AvgIpc) is 3.43. The molecule has 1 aromatic rings. The number of ether oxygens (including phenoxy) is 1. The van der Waals surface area contributed by atoms with E-state index in [-0.39, 0.29) is 30.5 Å². The Bertz CT molecular complexity index is 730. The van der Waals surface area contributed by atoms with Gasteiger partial charge in [-0.05, 0) is 44.9 Å². The van der Waals surface area contributed by atoms with E-state index in [1.165, 1.54) is 0 Å². The summed E-state index contributed by atoms with van der Waals surface area (Å²) in [6.45, 7) is 3.27. The van der Waals surface area contributed by atoms with Crippen LogP contribution >= 0.6 is 0 Å². The summed E-state index contributed by atoms with van der Waals surface area (Å²) in [5.74, 6) is 0.444. The summed E-state index contributed by atoms with van der Waals surface area (Å²) in [6.07, 6.45) is 1.12. The summed E-state index contributed by atoms with van der Waals surface area (Å²) in [5.41, 5.74) is 0.557. The van der Waals surface area contributed by atoms with E-state index < -0.39 is 12.2 Å². The van der Waals surface area contributed by atoms with E-state index in [1.54, 1.807) is 11.0 Å². The van der Waals surface area contributed by atoms with Crippen molar-refractivity contribution < 1.29 is 22.7 Å². The molecule has 4 rings (SSSR count). The molecule has 6 nitrogen and oxygen atoms in total. The lowest BCUT2D eigenvalue weighted by Gasteiger charge is -2.32. The number of halogens is 3. The lowest BCUT2D eigenvalue weighted by Crippen LogP contribution is -2.39. The van der Waals surface area contributed by atoms with Crippen LogP contribution < -0.4 is 5.32 Å². The highest BCUT2D eigenvalue weighted by atomic mass is 19.4. The fourth-order valence-corrected chi connectivity index (χ4v) is 4.77. The number of hydrogen-bond acceptors (Lipinski definition) is 4. The molecule has 0 aliphatic carbocycles. The number of aromatic nitrogens is 2. The average molecular weight is 414 g/mol. The minimum atomic E-state index is -4.35. The Morgan fingerprint density at radius 3 is 2.86 bits per heavy atom. The Labute approximate surface area is 168 Å². The Balaban J connectivity index is 1.50. The molecule has 2 saturated heterocycles.